The molecular weight excluding hydrogens is 448 g/mol. The van der Waals surface area contributed by atoms with Crippen LogP contribution in [0, 0.1) is 0 Å². The molecule has 1 atom stereocenters. The van der Waals surface area contributed by atoms with Gasteiger partial charge in [0.05, 0.1) is 24.4 Å². The zero-order chi connectivity index (χ0) is 25.2. The smallest absolute Gasteiger partial charge is 0.271 e. The molecule has 1 saturated heterocycles. The Balaban J connectivity index is 1.51. The highest BCUT2D eigenvalue weighted by atomic mass is 16.2. The van der Waals surface area contributed by atoms with E-state index in [0.29, 0.717) is 23.0 Å². The fourth-order valence-electron chi connectivity index (χ4n) is 4.17. The molecule has 0 bridgehead atoms. The Morgan fingerprint density at radius 1 is 1.09 bits per heavy atom. The second kappa shape index (κ2) is 9.65. The summed E-state index contributed by atoms with van der Waals surface area (Å²) in [6, 6.07) is -0.728. The Morgan fingerprint density at radius 2 is 1.83 bits per heavy atom. The fourth-order valence-corrected chi connectivity index (χ4v) is 4.17. The monoisotopic (exact) mass is 478 g/mol. The average Bonchev–Trinajstić information content (AvgIpc) is 3.45. The van der Waals surface area contributed by atoms with Gasteiger partial charge in [0.25, 0.3) is 5.91 Å². The third-order valence-electron chi connectivity index (χ3n) is 6.23. The van der Waals surface area contributed by atoms with Crippen LogP contribution < -0.4 is 20.9 Å². The Bertz CT molecular complexity index is 1220. The first-order chi connectivity index (χ1) is 16.7. The summed E-state index contributed by atoms with van der Waals surface area (Å²) in [4.78, 5) is 49.5. The molecule has 35 heavy (non-hydrogen) atoms. The molecule has 0 spiro atoms. The third-order valence-corrected chi connectivity index (χ3v) is 6.23. The average molecular weight is 479 g/mol. The standard InChI is InChI=1S/C23H30N10O2/c1-14(32-13-29-19(24-4)18(32)21(35)25-5)20(34)31-17-12-26-11-16(30-17)15-9-27-22(28-10-15)33-8-6-7-23(33,2)3/h9-14,24H,6-8H2,1-5H3,(H,25,35)(H,30,31,34)/t14-/m0/s1. The van der Waals surface area contributed by atoms with Crippen molar-refractivity contribution >= 4 is 29.4 Å². The topological polar surface area (TPSA) is 143 Å². The van der Waals surface area contributed by atoms with Gasteiger partial charge in [-0.05, 0) is 33.6 Å². The van der Waals surface area contributed by atoms with Gasteiger partial charge in [-0.1, -0.05) is 0 Å². The molecule has 0 unspecified atom stereocenters. The first-order valence-electron chi connectivity index (χ1n) is 11.4. The number of imidazole rings is 1. The highest BCUT2D eigenvalue weighted by Crippen LogP contribution is 2.31. The molecule has 3 aromatic rings. The van der Waals surface area contributed by atoms with Crippen molar-refractivity contribution in [1.29, 1.82) is 0 Å². The molecule has 12 nitrogen and oxygen atoms in total. The Kier molecular flexibility index (Phi) is 6.63. The van der Waals surface area contributed by atoms with Crippen molar-refractivity contribution in [2.75, 3.05) is 36.2 Å². The van der Waals surface area contributed by atoms with E-state index < -0.39 is 6.04 Å². The zero-order valence-corrected chi connectivity index (χ0v) is 20.5. The predicted molar refractivity (Wildman–Crippen MR) is 132 cm³/mol. The third kappa shape index (κ3) is 4.77. The summed E-state index contributed by atoms with van der Waals surface area (Å²) in [7, 11) is 3.18. The number of hydrogen-bond donors (Lipinski definition) is 3. The first-order valence-corrected chi connectivity index (χ1v) is 11.4. The quantitative estimate of drug-likeness (QED) is 0.465. The molecule has 1 fully saturated rings. The van der Waals surface area contributed by atoms with E-state index in [-0.39, 0.29) is 28.9 Å². The maximum atomic E-state index is 13.0. The van der Waals surface area contributed by atoms with Gasteiger partial charge in [-0.2, -0.15) is 0 Å². The van der Waals surface area contributed by atoms with E-state index in [4.69, 9.17) is 0 Å². The van der Waals surface area contributed by atoms with Crippen molar-refractivity contribution in [2.45, 2.75) is 45.2 Å². The fraction of sp³-hybridized carbons (Fsp3) is 0.435. The molecule has 1 aliphatic heterocycles. The van der Waals surface area contributed by atoms with Crippen LogP contribution in [-0.4, -0.2) is 67.5 Å². The molecule has 12 heteroatoms. The van der Waals surface area contributed by atoms with E-state index in [1.807, 2.05) is 0 Å². The minimum Gasteiger partial charge on any atom is -0.371 e. The van der Waals surface area contributed by atoms with Crippen LogP contribution in [0.1, 0.15) is 50.1 Å². The van der Waals surface area contributed by atoms with E-state index in [1.54, 1.807) is 32.6 Å². The molecule has 3 aromatic heterocycles. The number of anilines is 3. The van der Waals surface area contributed by atoms with Crippen LogP contribution in [0.4, 0.5) is 17.6 Å². The summed E-state index contributed by atoms with van der Waals surface area (Å²) in [6.45, 7) is 6.99. The molecule has 2 amide bonds. The number of aromatic nitrogens is 6. The van der Waals surface area contributed by atoms with Crippen LogP contribution in [0.3, 0.4) is 0 Å². The van der Waals surface area contributed by atoms with Crippen molar-refractivity contribution in [3.05, 3.63) is 36.8 Å². The van der Waals surface area contributed by atoms with Crippen LogP contribution in [0.15, 0.2) is 31.1 Å². The summed E-state index contributed by atoms with van der Waals surface area (Å²) >= 11 is 0. The number of nitrogens with zero attached hydrogens (tertiary/aromatic N) is 7. The lowest BCUT2D eigenvalue weighted by molar-refractivity contribution is -0.118. The van der Waals surface area contributed by atoms with Crippen molar-refractivity contribution in [1.82, 2.24) is 34.8 Å². The molecular formula is C23H30N10O2. The van der Waals surface area contributed by atoms with Gasteiger partial charge in [0.2, 0.25) is 11.9 Å². The molecule has 184 valence electrons. The highest BCUT2D eigenvalue weighted by Gasteiger charge is 2.33. The van der Waals surface area contributed by atoms with Crippen molar-refractivity contribution < 1.29 is 9.59 Å². The SMILES string of the molecule is CNC(=O)c1c(NC)ncn1[C@@H](C)C(=O)Nc1cncc(-c2cnc(N3CCCC3(C)C)nc2)n1. The summed E-state index contributed by atoms with van der Waals surface area (Å²) in [5.74, 6) is 0.625. The number of amides is 2. The van der Waals surface area contributed by atoms with Crippen molar-refractivity contribution in [3.8, 4) is 11.3 Å². The lowest BCUT2D eigenvalue weighted by atomic mass is 10.0. The molecule has 4 rings (SSSR count). The molecule has 4 heterocycles. The van der Waals surface area contributed by atoms with Crippen LogP contribution in [0.5, 0.6) is 0 Å². The molecule has 0 radical (unpaired) electrons. The van der Waals surface area contributed by atoms with Gasteiger partial charge in [-0.25, -0.2) is 19.9 Å². The molecule has 0 aromatic carbocycles. The normalized spacial score (nSPS) is 15.5. The minimum atomic E-state index is -0.728. The highest BCUT2D eigenvalue weighted by molar-refractivity contribution is 5.99. The van der Waals surface area contributed by atoms with Gasteiger partial charge in [-0.3, -0.25) is 14.6 Å². The maximum Gasteiger partial charge on any atom is 0.271 e. The lowest BCUT2D eigenvalue weighted by Gasteiger charge is -2.31. The van der Waals surface area contributed by atoms with Crippen LogP contribution in [0.2, 0.25) is 0 Å². The van der Waals surface area contributed by atoms with Crippen molar-refractivity contribution in [3.63, 3.8) is 0 Å². The van der Waals surface area contributed by atoms with Gasteiger partial charge >= 0.3 is 0 Å². The zero-order valence-electron chi connectivity index (χ0n) is 20.5. The predicted octanol–water partition coefficient (Wildman–Crippen LogP) is 2.11. The summed E-state index contributed by atoms with van der Waals surface area (Å²) in [5, 5.41) is 8.20. The Labute approximate surface area is 203 Å². The van der Waals surface area contributed by atoms with E-state index in [0.717, 1.165) is 19.4 Å². The van der Waals surface area contributed by atoms with Crippen LogP contribution in [-0.2, 0) is 4.79 Å². The maximum absolute atomic E-state index is 13.0. The van der Waals surface area contributed by atoms with Crippen LogP contribution in [0.25, 0.3) is 11.3 Å². The van der Waals surface area contributed by atoms with Gasteiger partial charge in [-0.15, -0.1) is 0 Å². The van der Waals surface area contributed by atoms with E-state index in [2.05, 4.69) is 59.6 Å². The number of carbonyl (C=O) groups excluding carboxylic acids is 2. The minimum absolute atomic E-state index is 0.0308. The summed E-state index contributed by atoms with van der Waals surface area (Å²) < 4.78 is 1.50. The number of nitrogens with one attached hydrogen (secondary N) is 3. The van der Waals surface area contributed by atoms with E-state index >= 15 is 0 Å². The Morgan fingerprint density at radius 3 is 2.46 bits per heavy atom. The number of hydrogen-bond acceptors (Lipinski definition) is 9. The molecule has 0 saturated carbocycles. The second-order valence-electron chi connectivity index (χ2n) is 8.97. The van der Waals surface area contributed by atoms with Gasteiger partial charge in [0.1, 0.15) is 6.04 Å². The molecule has 3 N–H and O–H groups in total. The van der Waals surface area contributed by atoms with E-state index in [9.17, 15) is 9.59 Å². The first kappa shape index (κ1) is 24.0. The molecule has 0 aliphatic carbocycles. The lowest BCUT2D eigenvalue weighted by Crippen LogP contribution is -2.39. The molecule has 1 aliphatic rings. The summed E-state index contributed by atoms with van der Waals surface area (Å²) in [6.07, 6.45) is 10.2. The van der Waals surface area contributed by atoms with E-state index in [1.165, 1.54) is 24.1 Å². The number of rotatable bonds is 7. The van der Waals surface area contributed by atoms with Gasteiger partial charge < -0.3 is 25.4 Å². The van der Waals surface area contributed by atoms with Crippen molar-refractivity contribution in [2.24, 2.45) is 0 Å². The summed E-state index contributed by atoms with van der Waals surface area (Å²) in [5.41, 5.74) is 1.52. The van der Waals surface area contributed by atoms with Gasteiger partial charge in [0.15, 0.2) is 17.3 Å². The second-order valence-corrected chi connectivity index (χ2v) is 8.97. The van der Waals surface area contributed by atoms with Crippen LogP contribution >= 0.6 is 0 Å². The Hall–Kier alpha value is -4.09. The van der Waals surface area contributed by atoms with Gasteiger partial charge in [0, 0.05) is 44.1 Å². The largest absolute Gasteiger partial charge is 0.371 e. The number of carbonyl (C=O) groups is 2.